The summed E-state index contributed by atoms with van der Waals surface area (Å²) in [6.45, 7) is 0.978. The summed E-state index contributed by atoms with van der Waals surface area (Å²) in [4.78, 5) is 12.4. The molecule has 7 heteroatoms. The van der Waals surface area contributed by atoms with E-state index >= 15 is 0 Å². The Morgan fingerprint density at radius 2 is 1.32 bits per heavy atom. The maximum atomic E-state index is 12.5. The van der Waals surface area contributed by atoms with Crippen molar-refractivity contribution in [2.24, 2.45) is 0 Å². The molecule has 0 radical (unpaired) electrons. The van der Waals surface area contributed by atoms with Crippen molar-refractivity contribution in [1.82, 2.24) is 4.90 Å². The maximum Gasteiger partial charge on any atom is 0.163 e. The standard InChI is InChI=1S/C21H27NO5S/c1-26-20-9-5-18(6-10-20)15-22(17-28(24,25)14-4-3-13-23)16-19-7-11-21(27-2)12-8-19/h5-13H,3-4,14-17H2,1-2H3. The van der Waals surface area contributed by atoms with Gasteiger partial charge in [-0.05, 0) is 41.8 Å². The van der Waals surface area contributed by atoms with Gasteiger partial charge in [0, 0.05) is 19.5 Å². The maximum absolute atomic E-state index is 12.5. The second kappa shape index (κ2) is 10.8. The van der Waals surface area contributed by atoms with E-state index in [4.69, 9.17) is 9.47 Å². The summed E-state index contributed by atoms with van der Waals surface area (Å²) < 4.78 is 35.4. The van der Waals surface area contributed by atoms with Crippen LogP contribution in [0.1, 0.15) is 24.0 Å². The molecular weight excluding hydrogens is 378 g/mol. The van der Waals surface area contributed by atoms with Crippen LogP contribution in [0.3, 0.4) is 0 Å². The van der Waals surface area contributed by atoms with Crippen LogP contribution in [-0.2, 0) is 27.7 Å². The number of hydrogen-bond donors (Lipinski definition) is 0. The normalized spacial score (nSPS) is 11.4. The zero-order valence-electron chi connectivity index (χ0n) is 16.3. The fourth-order valence-electron chi connectivity index (χ4n) is 2.85. The zero-order chi connectivity index (χ0) is 20.4. The average molecular weight is 406 g/mol. The predicted molar refractivity (Wildman–Crippen MR) is 109 cm³/mol. The Morgan fingerprint density at radius 1 is 0.857 bits per heavy atom. The van der Waals surface area contributed by atoms with E-state index in [1.807, 2.05) is 53.4 Å². The lowest BCUT2D eigenvalue weighted by Crippen LogP contribution is -2.30. The first-order valence-corrected chi connectivity index (χ1v) is 10.9. The summed E-state index contributed by atoms with van der Waals surface area (Å²) in [5, 5.41) is 0. The number of carbonyl (C=O) groups excluding carboxylic acids is 1. The summed E-state index contributed by atoms with van der Waals surface area (Å²) >= 11 is 0. The molecule has 2 aromatic rings. The molecule has 0 amide bonds. The molecular formula is C21H27NO5S. The van der Waals surface area contributed by atoms with E-state index in [1.54, 1.807) is 14.2 Å². The lowest BCUT2D eigenvalue weighted by molar-refractivity contribution is -0.107. The van der Waals surface area contributed by atoms with E-state index in [0.717, 1.165) is 28.9 Å². The number of carbonyl (C=O) groups is 1. The van der Waals surface area contributed by atoms with E-state index < -0.39 is 9.84 Å². The molecule has 0 saturated heterocycles. The van der Waals surface area contributed by atoms with Gasteiger partial charge in [0.2, 0.25) is 0 Å². The Hall–Kier alpha value is -2.38. The summed E-state index contributed by atoms with van der Waals surface area (Å²) in [5.41, 5.74) is 2.00. The van der Waals surface area contributed by atoms with E-state index in [2.05, 4.69) is 0 Å². The second-order valence-electron chi connectivity index (χ2n) is 6.57. The minimum Gasteiger partial charge on any atom is -0.497 e. The summed E-state index contributed by atoms with van der Waals surface area (Å²) in [6, 6.07) is 15.2. The first-order chi connectivity index (χ1) is 13.5. The van der Waals surface area contributed by atoms with Crippen LogP contribution in [0.4, 0.5) is 0 Å². The van der Waals surface area contributed by atoms with Gasteiger partial charge in [-0.2, -0.15) is 0 Å². The van der Waals surface area contributed by atoms with Gasteiger partial charge in [0.15, 0.2) is 9.84 Å². The van der Waals surface area contributed by atoms with E-state index in [0.29, 0.717) is 19.5 Å². The lowest BCUT2D eigenvalue weighted by Gasteiger charge is -2.23. The van der Waals surface area contributed by atoms with Crippen LogP contribution in [0, 0.1) is 0 Å². The molecule has 0 fully saturated rings. The number of benzene rings is 2. The number of aldehydes is 1. The quantitative estimate of drug-likeness (QED) is 0.399. The van der Waals surface area contributed by atoms with Crippen molar-refractivity contribution in [1.29, 1.82) is 0 Å². The molecule has 0 aliphatic carbocycles. The fourth-order valence-corrected chi connectivity index (χ4v) is 4.33. The molecule has 0 aromatic heterocycles. The summed E-state index contributed by atoms with van der Waals surface area (Å²) in [6.07, 6.45) is 1.36. The van der Waals surface area contributed by atoms with Crippen molar-refractivity contribution in [3.63, 3.8) is 0 Å². The number of unbranched alkanes of at least 4 members (excludes halogenated alkanes) is 1. The van der Waals surface area contributed by atoms with Crippen molar-refractivity contribution < 1.29 is 22.7 Å². The highest BCUT2D eigenvalue weighted by Crippen LogP contribution is 2.17. The molecule has 2 rings (SSSR count). The topological polar surface area (TPSA) is 72.9 Å². The van der Waals surface area contributed by atoms with Gasteiger partial charge in [-0.15, -0.1) is 0 Å². The Kier molecular flexibility index (Phi) is 8.47. The van der Waals surface area contributed by atoms with Gasteiger partial charge in [-0.25, -0.2) is 8.42 Å². The molecule has 0 spiro atoms. The third-order valence-electron chi connectivity index (χ3n) is 4.29. The van der Waals surface area contributed by atoms with Crippen molar-refractivity contribution >= 4 is 16.1 Å². The Bertz CT molecular complexity index is 783. The lowest BCUT2D eigenvalue weighted by atomic mass is 10.1. The van der Waals surface area contributed by atoms with Crippen LogP contribution in [0.25, 0.3) is 0 Å². The number of methoxy groups -OCH3 is 2. The van der Waals surface area contributed by atoms with Crippen molar-refractivity contribution in [3.8, 4) is 11.5 Å². The highest BCUT2D eigenvalue weighted by molar-refractivity contribution is 7.91. The summed E-state index contributed by atoms with van der Waals surface area (Å²) in [7, 11) is -0.0852. The second-order valence-corrected chi connectivity index (χ2v) is 8.72. The Morgan fingerprint density at radius 3 is 1.71 bits per heavy atom. The molecule has 0 bridgehead atoms. The van der Waals surface area contributed by atoms with Gasteiger partial charge >= 0.3 is 0 Å². The number of rotatable bonds is 12. The molecule has 0 atom stereocenters. The molecule has 152 valence electrons. The fraction of sp³-hybridized carbons (Fsp3) is 0.381. The zero-order valence-corrected chi connectivity index (χ0v) is 17.2. The smallest absolute Gasteiger partial charge is 0.163 e. The van der Waals surface area contributed by atoms with Gasteiger partial charge in [-0.1, -0.05) is 24.3 Å². The third kappa shape index (κ3) is 7.32. The largest absolute Gasteiger partial charge is 0.497 e. The summed E-state index contributed by atoms with van der Waals surface area (Å²) in [5.74, 6) is 1.45. The van der Waals surface area contributed by atoms with Crippen LogP contribution in [0.15, 0.2) is 48.5 Å². The number of sulfone groups is 1. The SMILES string of the molecule is COc1ccc(CN(Cc2ccc(OC)cc2)CS(=O)(=O)CCCC=O)cc1. The first-order valence-electron chi connectivity index (χ1n) is 9.08. The van der Waals surface area contributed by atoms with Crippen molar-refractivity contribution in [3.05, 3.63) is 59.7 Å². The van der Waals surface area contributed by atoms with Crippen LogP contribution in [0.2, 0.25) is 0 Å². The molecule has 0 saturated carbocycles. The minimum absolute atomic E-state index is 0.00741. The molecule has 6 nitrogen and oxygen atoms in total. The van der Waals surface area contributed by atoms with Crippen LogP contribution >= 0.6 is 0 Å². The monoisotopic (exact) mass is 405 g/mol. The highest BCUT2D eigenvalue weighted by Gasteiger charge is 2.18. The van der Waals surface area contributed by atoms with Crippen LogP contribution < -0.4 is 9.47 Å². The Labute approximate surface area is 167 Å². The predicted octanol–water partition coefficient (Wildman–Crippen LogP) is 3.06. The molecule has 0 aliphatic rings. The Balaban J connectivity index is 2.13. The third-order valence-corrected chi connectivity index (χ3v) is 5.96. The number of nitrogens with zero attached hydrogens (tertiary/aromatic N) is 1. The molecule has 0 aliphatic heterocycles. The van der Waals surface area contributed by atoms with E-state index in [1.165, 1.54) is 0 Å². The van der Waals surface area contributed by atoms with Gasteiger partial charge < -0.3 is 14.3 Å². The van der Waals surface area contributed by atoms with Gasteiger partial charge in [-0.3, -0.25) is 4.90 Å². The molecule has 0 unspecified atom stereocenters. The highest BCUT2D eigenvalue weighted by atomic mass is 32.2. The number of hydrogen-bond acceptors (Lipinski definition) is 6. The van der Waals surface area contributed by atoms with Crippen molar-refractivity contribution in [2.45, 2.75) is 25.9 Å². The van der Waals surface area contributed by atoms with Crippen LogP contribution in [-0.4, -0.2) is 45.5 Å². The first kappa shape index (κ1) is 21.9. The number of ether oxygens (including phenoxy) is 2. The van der Waals surface area contributed by atoms with Gasteiger partial charge in [0.1, 0.15) is 23.7 Å². The molecule has 0 N–H and O–H groups in total. The van der Waals surface area contributed by atoms with Gasteiger partial charge in [0.05, 0.1) is 20.0 Å². The molecule has 28 heavy (non-hydrogen) atoms. The van der Waals surface area contributed by atoms with E-state index in [-0.39, 0.29) is 18.1 Å². The van der Waals surface area contributed by atoms with Gasteiger partial charge in [0.25, 0.3) is 0 Å². The van der Waals surface area contributed by atoms with Crippen molar-refractivity contribution in [2.75, 3.05) is 25.8 Å². The molecule has 0 heterocycles. The minimum atomic E-state index is -3.30. The molecule has 2 aromatic carbocycles. The van der Waals surface area contributed by atoms with E-state index in [9.17, 15) is 13.2 Å². The average Bonchev–Trinajstić information content (AvgIpc) is 2.69. The van der Waals surface area contributed by atoms with Crippen LogP contribution in [0.5, 0.6) is 11.5 Å².